The number of aliphatic hydroxyl groups is 1. The highest BCUT2D eigenvalue weighted by Gasteiger charge is 2.29. The van der Waals surface area contributed by atoms with Crippen LogP contribution in [0.3, 0.4) is 0 Å². The molecule has 3 unspecified atom stereocenters. The minimum Gasteiger partial charge on any atom is -0.391 e. The molecule has 0 radical (unpaired) electrons. The third-order valence-electron chi connectivity index (χ3n) is 4.70. The van der Waals surface area contributed by atoms with Crippen LogP contribution in [-0.2, 0) is 14.4 Å². The first-order chi connectivity index (χ1) is 13.1. The second-order valence-electron chi connectivity index (χ2n) is 7.72. The Hall–Kier alpha value is -1.43. The van der Waals surface area contributed by atoms with Crippen LogP contribution in [0, 0.1) is 11.8 Å². The number of hydrogen-bond donors (Lipinski definition) is 3. The van der Waals surface area contributed by atoms with Crippen molar-refractivity contribution in [3.8, 4) is 0 Å². The quantitative estimate of drug-likeness (QED) is 0.608. The molecule has 6 nitrogen and oxygen atoms in total. The maximum Gasteiger partial charge on any atom is 0.243 e. The Morgan fingerprint density at radius 3 is 1.75 bits per heavy atom. The van der Waals surface area contributed by atoms with Crippen molar-refractivity contribution in [2.75, 3.05) is 0 Å². The van der Waals surface area contributed by atoms with Crippen molar-refractivity contribution in [1.82, 2.24) is 10.6 Å². The van der Waals surface area contributed by atoms with Crippen LogP contribution in [0.25, 0.3) is 0 Å². The summed E-state index contributed by atoms with van der Waals surface area (Å²) in [6, 6.07) is -1.67. The van der Waals surface area contributed by atoms with Crippen molar-refractivity contribution in [1.29, 1.82) is 0 Å². The van der Waals surface area contributed by atoms with Gasteiger partial charge in [-0.25, -0.2) is 0 Å². The second kappa shape index (κ2) is 16.5. The van der Waals surface area contributed by atoms with Gasteiger partial charge in [-0.3, -0.25) is 14.4 Å². The summed E-state index contributed by atoms with van der Waals surface area (Å²) in [6.07, 6.45) is 6.74. The van der Waals surface area contributed by atoms with E-state index in [1.54, 1.807) is 20.8 Å². The minimum atomic E-state index is -0.976. The van der Waals surface area contributed by atoms with Gasteiger partial charge in [-0.1, -0.05) is 73.6 Å². The number of carbonyl (C=O) groups excluding carboxylic acids is 3. The van der Waals surface area contributed by atoms with Gasteiger partial charge in [0.2, 0.25) is 11.8 Å². The molecule has 28 heavy (non-hydrogen) atoms. The molecule has 3 atom stereocenters. The molecule has 0 heterocycles. The van der Waals surface area contributed by atoms with E-state index in [4.69, 9.17) is 0 Å². The van der Waals surface area contributed by atoms with Crippen LogP contribution in [0.5, 0.6) is 0 Å². The summed E-state index contributed by atoms with van der Waals surface area (Å²) in [5.41, 5.74) is 0. The Balaban J connectivity index is 0. The number of ketones is 1. The van der Waals surface area contributed by atoms with Gasteiger partial charge in [0.1, 0.15) is 12.1 Å². The van der Waals surface area contributed by atoms with Gasteiger partial charge in [0.15, 0.2) is 5.78 Å². The number of carbonyl (C=O) groups is 3. The lowest BCUT2D eigenvalue weighted by atomic mass is 9.91. The molecule has 166 valence electrons. The van der Waals surface area contributed by atoms with E-state index < -0.39 is 24.1 Å². The smallest absolute Gasteiger partial charge is 0.243 e. The number of rotatable bonds is 7. The lowest BCUT2D eigenvalue weighted by molar-refractivity contribution is -0.133. The van der Waals surface area contributed by atoms with Gasteiger partial charge in [0.25, 0.3) is 0 Å². The molecule has 1 aliphatic rings. The van der Waals surface area contributed by atoms with E-state index >= 15 is 0 Å². The highest BCUT2D eigenvalue weighted by Crippen LogP contribution is 2.22. The molecule has 0 aromatic rings. The fourth-order valence-electron chi connectivity index (χ4n) is 2.92. The number of nitrogens with one attached hydrogen (secondary N) is 2. The van der Waals surface area contributed by atoms with Crippen LogP contribution in [0.4, 0.5) is 0 Å². The van der Waals surface area contributed by atoms with E-state index in [-0.39, 0.29) is 24.0 Å². The van der Waals surface area contributed by atoms with Gasteiger partial charge in [-0.15, -0.1) is 0 Å². The fourth-order valence-corrected chi connectivity index (χ4v) is 2.92. The zero-order chi connectivity index (χ0) is 22.3. The Bertz CT molecular complexity index is 444. The third-order valence-corrected chi connectivity index (χ3v) is 4.70. The summed E-state index contributed by atoms with van der Waals surface area (Å²) >= 11 is 0. The first-order valence-corrected chi connectivity index (χ1v) is 10.9. The van der Waals surface area contributed by atoms with Gasteiger partial charge in [0, 0.05) is 6.42 Å². The number of amides is 2. The van der Waals surface area contributed by atoms with Gasteiger partial charge in [-0.2, -0.15) is 0 Å². The molecular weight excluding hydrogens is 356 g/mol. The predicted molar refractivity (Wildman–Crippen MR) is 115 cm³/mol. The molecule has 2 amide bonds. The van der Waals surface area contributed by atoms with Gasteiger partial charge in [0.05, 0.1) is 6.10 Å². The number of aliphatic hydroxyl groups excluding tert-OH is 1. The fraction of sp³-hybridized carbons (Fsp3) is 0.864. The molecular formula is C22H44N2O4. The third kappa shape index (κ3) is 12.9. The van der Waals surface area contributed by atoms with E-state index in [9.17, 15) is 19.5 Å². The molecule has 0 saturated heterocycles. The molecule has 1 rings (SSSR count). The molecule has 0 spiro atoms. The summed E-state index contributed by atoms with van der Waals surface area (Å²) in [5, 5.41) is 14.5. The van der Waals surface area contributed by atoms with Crippen molar-refractivity contribution in [2.45, 2.75) is 112 Å². The van der Waals surface area contributed by atoms with E-state index in [2.05, 4.69) is 17.6 Å². The lowest BCUT2D eigenvalue weighted by Gasteiger charge is -2.25. The van der Waals surface area contributed by atoms with Gasteiger partial charge >= 0.3 is 0 Å². The zero-order valence-electron chi connectivity index (χ0n) is 19.3. The van der Waals surface area contributed by atoms with Gasteiger partial charge < -0.3 is 15.7 Å². The average molecular weight is 401 g/mol. The minimum absolute atomic E-state index is 0.114. The lowest BCUT2D eigenvalue weighted by Crippen LogP contribution is -2.55. The summed E-state index contributed by atoms with van der Waals surface area (Å²) in [7, 11) is 0. The Morgan fingerprint density at radius 2 is 1.46 bits per heavy atom. The van der Waals surface area contributed by atoms with Crippen LogP contribution in [0.1, 0.15) is 93.9 Å². The monoisotopic (exact) mass is 400 g/mol. The first kappa shape index (κ1) is 28.8. The highest BCUT2D eigenvalue weighted by molar-refractivity contribution is 5.92. The van der Waals surface area contributed by atoms with E-state index in [0.29, 0.717) is 0 Å². The molecule has 6 heteroatoms. The maximum absolute atomic E-state index is 12.1. The average Bonchev–Trinajstić information content (AvgIpc) is 2.65. The van der Waals surface area contributed by atoms with Crippen LogP contribution < -0.4 is 10.6 Å². The molecule has 1 fully saturated rings. The maximum atomic E-state index is 12.1. The van der Waals surface area contributed by atoms with Crippen LogP contribution >= 0.6 is 0 Å². The first-order valence-electron chi connectivity index (χ1n) is 10.9. The van der Waals surface area contributed by atoms with E-state index in [1.165, 1.54) is 46.0 Å². The molecule has 1 saturated carbocycles. The number of Topliss-reactive ketones (excluding diaryl/α,β-unsaturated/α-hetero) is 1. The summed E-state index contributed by atoms with van der Waals surface area (Å²) in [4.78, 5) is 34.8. The highest BCUT2D eigenvalue weighted by atomic mass is 16.3. The second-order valence-corrected chi connectivity index (χ2v) is 7.72. The van der Waals surface area contributed by atoms with Crippen molar-refractivity contribution < 1.29 is 19.5 Å². The Kier molecular flexibility index (Phi) is 17.0. The molecule has 3 N–H and O–H groups in total. The number of hydrogen-bond acceptors (Lipinski definition) is 4. The van der Waals surface area contributed by atoms with Crippen LogP contribution in [0.2, 0.25) is 0 Å². The van der Waals surface area contributed by atoms with E-state index in [1.807, 2.05) is 13.8 Å². The SMILES string of the molecule is CC.CC1CCCCC1.CCC(=O)NC(C(=O)NC(C(C)=O)C(C)O)C(C)C. The summed E-state index contributed by atoms with van der Waals surface area (Å²) in [5.74, 6) is -0.0956. The predicted octanol–water partition coefficient (Wildman–Crippen LogP) is 3.60. The van der Waals surface area contributed by atoms with Crippen LogP contribution in [-0.4, -0.2) is 40.9 Å². The molecule has 0 aromatic heterocycles. The zero-order valence-corrected chi connectivity index (χ0v) is 19.3. The normalized spacial score (nSPS) is 17.1. The summed E-state index contributed by atoms with van der Waals surface area (Å²) in [6.45, 7) is 14.4. The molecule has 1 aliphatic carbocycles. The molecule has 0 bridgehead atoms. The molecule has 0 aliphatic heterocycles. The van der Waals surface area contributed by atoms with Crippen LogP contribution in [0.15, 0.2) is 0 Å². The van der Waals surface area contributed by atoms with Crippen molar-refractivity contribution in [3.05, 3.63) is 0 Å². The Labute approximate surface area is 172 Å². The van der Waals surface area contributed by atoms with Gasteiger partial charge in [-0.05, 0) is 25.7 Å². The van der Waals surface area contributed by atoms with Crippen molar-refractivity contribution in [3.63, 3.8) is 0 Å². The van der Waals surface area contributed by atoms with Crippen molar-refractivity contribution >= 4 is 17.6 Å². The topological polar surface area (TPSA) is 95.5 Å². The largest absolute Gasteiger partial charge is 0.391 e. The van der Waals surface area contributed by atoms with E-state index in [0.717, 1.165) is 5.92 Å². The van der Waals surface area contributed by atoms with Crippen molar-refractivity contribution in [2.24, 2.45) is 11.8 Å². The molecule has 0 aromatic carbocycles. The Morgan fingerprint density at radius 1 is 0.964 bits per heavy atom. The standard InChI is InChI=1S/C13H24N2O4.C7H14.C2H6/c1-6-10(18)14-11(7(2)3)13(19)15-12(8(4)16)9(5)17;1-7-5-3-2-4-6-7;1-2/h7-8,11-12,16H,6H2,1-5H3,(H,14,18)(H,15,19);7H,2-6H2,1H3;1-2H3. The summed E-state index contributed by atoms with van der Waals surface area (Å²) < 4.78 is 0.